The number of phenols is 1. The Hall–Kier alpha value is -1.42. The number of aliphatic hydroxyl groups is 1. The van der Waals surface area contributed by atoms with Gasteiger partial charge in [-0.05, 0) is 18.9 Å². The molecule has 1 aromatic carbocycles. The Bertz CT molecular complexity index is 324. The Morgan fingerprint density at radius 2 is 2.00 bits per heavy atom. The van der Waals surface area contributed by atoms with Gasteiger partial charge < -0.3 is 21.7 Å². The normalized spacial score (nSPS) is 10.3. The van der Waals surface area contributed by atoms with E-state index in [1.165, 1.54) is 6.07 Å². The maximum absolute atomic E-state index is 9.48. The second kappa shape index (κ2) is 3.53. The van der Waals surface area contributed by atoms with Crippen LogP contribution >= 0.6 is 0 Å². The Kier molecular flexibility index (Phi) is 2.63. The minimum atomic E-state index is -0.0161. The molecule has 0 atom stereocenters. The molecule has 0 saturated heterocycles. The zero-order valence-corrected chi connectivity index (χ0v) is 7.54. The average Bonchev–Trinajstić information content (AvgIpc) is 2.09. The van der Waals surface area contributed by atoms with Gasteiger partial charge in [0.05, 0.1) is 11.4 Å². The molecular weight excluding hydrogens is 168 g/mol. The summed E-state index contributed by atoms with van der Waals surface area (Å²) in [6.45, 7) is 1.76. The molecule has 13 heavy (non-hydrogen) atoms. The van der Waals surface area contributed by atoms with Crippen molar-refractivity contribution < 1.29 is 10.2 Å². The summed E-state index contributed by atoms with van der Waals surface area (Å²) in [5.41, 5.74) is 13.5. The summed E-state index contributed by atoms with van der Waals surface area (Å²) in [6.07, 6.45) is 0.391. The summed E-state index contributed by atoms with van der Waals surface area (Å²) in [7, 11) is 0. The minimum Gasteiger partial charge on any atom is -0.508 e. The third-order valence-electron chi connectivity index (χ3n) is 2.13. The molecule has 0 aliphatic heterocycles. The van der Waals surface area contributed by atoms with Crippen molar-refractivity contribution in [2.75, 3.05) is 18.1 Å². The van der Waals surface area contributed by atoms with Crippen LogP contribution in [0.4, 0.5) is 11.4 Å². The monoisotopic (exact) mass is 182 g/mol. The van der Waals surface area contributed by atoms with Crippen molar-refractivity contribution in [1.29, 1.82) is 0 Å². The van der Waals surface area contributed by atoms with E-state index in [0.29, 0.717) is 23.4 Å². The van der Waals surface area contributed by atoms with Gasteiger partial charge in [0, 0.05) is 18.2 Å². The number of aliphatic hydroxyl groups excluding tert-OH is 1. The number of benzene rings is 1. The van der Waals surface area contributed by atoms with E-state index in [2.05, 4.69) is 0 Å². The van der Waals surface area contributed by atoms with Crippen molar-refractivity contribution in [3.63, 3.8) is 0 Å². The lowest BCUT2D eigenvalue weighted by Crippen LogP contribution is -2.03. The first-order valence-corrected chi connectivity index (χ1v) is 4.05. The number of nitrogens with two attached hydrogens (primary N) is 2. The van der Waals surface area contributed by atoms with Crippen LogP contribution in [-0.2, 0) is 6.42 Å². The van der Waals surface area contributed by atoms with Gasteiger partial charge in [0.25, 0.3) is 0 Å². The third kappa shape index (κ3) is 1.67. The largest absolute Gasteiger partial charge is 0.508 e. The van der Waals surface area contributed by atoms with Crippen LogP contribution in [0.3, 0.4) is 0 Å². The molecule has 0 amide bonds. The molecule has 4 nitrogen and oxygen atoms in total. The zero-order chi connectivity index (χ0) is 10.0. The molecule has 1 aromatic rings. The number of rotatable bonds is 2. The summed E-state index contributed by atoms with van der Waals surface area (Å²) in [5.74, 6) is 0.0956. The number of anilines is 2. The molecule has 0 aliphatic rings. The maximum Gasteiger partial charge on any atom is 0.121 e. The van der Waals surface area contributed by atoms with Gasteiger partial charge in [-0.2, -0.15) is 0 Å². The highest BCUT2D eigenvalue weighted by atomic mass is 16.3. The molecule has 4 heteroatoms. The fourth-order valence-electron chi connectivity index (χ4n) is 1.31. The van der Waals surface area contributed by atoms with Crippen molar-refractivity contribution >= 4 is 11.4 Å². The molecule has 72 valence electrons. The van der Waals surface area contributed by atoms with Crippen LogP contribution in [0.15, 0.2) is 6.07 Å². The maximum atomic E-state index is 9.48. The number of hydrogen-bond acceptors (Lipinski definition) is 4. The molecule has 0 aliphatic carbocycles. The topological polar surface area (TPSA) is 92.5 Å². The predicted octanol–water partition coefficient (Wildman–Crippen LogP) is 0.400. The predicted molar refractivity (Wildman–Crippen MR) is 52.5 cm³/mol. The van der Waals surface area contributed by atoms with Gasteiger partial charge in [0.15, 0.2) is 0 Å². The van der Waals surface area contributed by atoms with Gasteiger partial charge in [-0.1, -0.05) is 0 Å². The van der Waals surface area contributed by atoms with Crippen molar-refractivity contribution in [2.24, 2.45) is 0 Å². The smallest absolute Gasteiger partial charge is 0.121 e. The molecule has 6 N–H and O–H groups in total. The molecular formula is C9H14N2O2. The number of hydrogen-bond donors (Lipinski definition) is 4. The summed E-state index contributed by atoms with van der Waals surface area (Å²) in [5, 5.41) is 18.2. The first-order valence-electron chi connectivity index (χ1n) is 4.05. The number of nitrogen functional groups attached to an aromatic ring is 2. The van der Waals surface area contributed by atoms with E-state index in [0.717, 1.165) is 5.56 Å². The van der Waals surface area contributed by atoms with Crippen LogP contribution in [-0.4, -0.2) is 16.8 Å². The van der Waals surface area contributed by atoms with Crippen molar-refractivity contribution in [3.8, 4) is 5.75 Å². The fraction of sp³-hybridized carbons (Fsp3) is 0.333. The Morgan fingerprint density at radius 3 is 2.54 bits per heavy atom. The van der Waals surface area contributed by atoms with Gasteiger partial charge >= 0.3 is 0 Å². The summed E-state index contributed by atoms with van der Waals surface area (Å²) in [6, 6.07) is 1.41. The highest BCUT2D eigenvalue weighted by molar-refractivity contribution is 5.72. The third-order valence-corrected chi connectivity index (χ3v) is 2.13. The SMILES string of the molecule is Cc1c(N)c(N)cc(O)c1CCO. The highest BCUT2D eigenvalue weighted by Crippen LogP contribution is 2.31. The number of phenolic OH excluding ortho intramolecular Hbond substituents is 1. The zero-order valence-electron chi connectivity index (χ0n) is 7.54. The fourth-order valence-corrected chi connectivity index (χ4v) is 1.31. The molecule has 0 unspecified atom stereocenters. The van der Waals surface area contributed by atoms with Crippen LogP contribution < -0.4 is 11.5 Å². The van der Waals surface area contributed by atoms with Gasteiger partial charge in [-0.15, -0.1) is 0 Å². The number of aromatic hydroxyl groups is 1. The second-order valence-corrected chi connectivity index (χ2v) is 2.98. The van der Waals surface area contributed by atoms with Crippen molar-refractivity contribution in [2.45, 2.75) is 13.3 Å². The minimum absolute atomic E-state index is 0.0161. The van der Waals surface area contributed by atoms with Gasteiger partial charge in [-0.3, -0.25) is 0 Å². The van der Waals surface area contributed by atoms with E-state index in [1.807, 2.05) is 0 Å². The lowest BCUT2D eigenvalue weighted by Gasteiger charge is -2.11. The molecule has 0 heterocycles. The van der Waals surface area contributed by atoms with E-state index in [9.17, 15) is 5.11 Å². The summed E-state index contributed by atoms with van der Waals surface area (Å²) >= 11 is 0. The molecule has 0 bridgehead atoms. The van der Waals surface area contributed by atoms with E-state index < -0.39 is 0 Å². The van der Waals surface area contributed by atoms with Gasteiger partial charge in [0.2, 0.25) is 0 Å². The first-order chi connectivity index (χ1) is 6.07. The molecule has 0 spiro atoms. The first kappa shape index (κ1) is 9.67. The molecule has 0 saturated carbocycles. The van der Waals surface area contributed by atoms with Crippen LogP contribution in [0, 0.1) is 6.92 Å². The highest BCUT2D eigenvalue weighted by Gasteiger charge is 2.10. The van der Waals surface area contributed by atoms with Crippen molar-refractivity contribution in [1.82, 2.24) is 0 Å². The summed E-state index contributed by atoms with van der Waals surface area (Å²) < 4.78 is 0. The standard InChI is InChI=1S/C9H14N2O2/c1-5-6(2-3-12)8(13)4-7(10)9(5)11/h4,12-13H,2-3,10-11H2,1H3. The molecule has 0 radical (unpaired) electrons. The lowest BCUT2D eigenvalue weighted by atomic mass is 10.0. The quantitative estimate of drug-likeness (QED) is 0.393. The van der Waals surface area contributed by atoms with Crippen molar-refractivity contribution in [3.05, 3.63) is 17.2 Å². The Balaban J connectivity index is 3.26. The van der Waals surface area contributed by atoms with Crippen LogP contribution in [0.25, 0.3) is 0 Å². The van der Waals surface area contributed by atoms with Crippen LogP contribution in [0.1, 0.15) is 11.1 Å². The average molecular weight is 182 g/mol. The Labute approximate surface area is 76.8 Å². The van der Waals surface area contributed by atoms with E-state index in [-0.39, 0.29) is 12.4 Å². The second-order valence-electron chi connectivity index (χ2n) is 2.98. The van der Waals surface area contributed by atoms with E-state index in [4.69, 9.17) is 16.6 Å². The lowest BCUT2D eigenvalue weighted by molar-refractivity contribution is 0.297. The molecule has 0 aromatic heterocycles. The molecule has 1 rings (SSSR count). The van der Waals surface area contributed by atoms with Crippen LogP contribution in [0.2, 0.25) is 0 Å². The van der Waals surface area contributed by atoms with Crippen LogP contribution in [0.5, 0.6) is 5.75 Å². The van der Waals surface area contributed by atoms with Gasteiger partial charge in [0.1, 0.15) is 5.75 Å². The Morgan fingerprint density at radius 1 is 1.38 bits per heavy atom. The summed E-state index contributed by atoms with van der Waals surface area (Å²) in [4.78, 5) is 0. The van der Waals surface area contributed by atoms with E-state index in [1.54, 1.807) is 6.92 Å². The van der Waals surface area contributed by atoms with Gasteiger partial charge in [-0.25, -0.2) is 0 Å². The molecule has 0 fully saturated rings. The van der Waals surface area contributed by atoms with E-state index >= 15 is 0 Å².